The summed E-state index contributed by atoms with van der Waals surface area (Å²) in [5, 5.41) is 14.1. The molecule has 2 atom stereocenters. The van der Waals surface area contributed by atoms with Crippen LogP contribution in [0.2, 0.25) is 0 Å². The number of hydrogen-bond donors (Lipinski definition) is 1. The zero-order valence-electron chi connectivity index (χ0n) is 22.9. The highest BCUT2D eigenvalue weighted by molar-refractivity contribution is 5.87. The van der Waals surface area contributed by atoms with E-state index in [1.165, 1.54) is 0 Å². The first kappa shape index (κ1) is 25.9. The standard InChI is InChI=1S/C29H37N9O/c1-29(25-6-5-22(18-30)27-24(25)4-3-8-32-27)21-31-19-23(39-29)20-36-12-16-37(17-13-36)26-7-9-33-28(34-26)38-14-10-35(2)11-15-38/h3-9,23,31H,10-17,19-21H2,1-2H3/t23-,29-/m0/s1. The van der Waals surface area contributed by atoms with E-state index in [2.05, 4.69) is 54.9 Å². The molecule has 0 radical (unpaired) electrons. The summed E-state index contributed by atoms with van der Waals surface area (Å²) in [6.45, 7) is 12.4. The minimum Gasteiger partial charge on any atom is -0.363 e. The summed E-state index contributed by atoms with van der Waals surface area (Å²) in [5.41, 5.74) is 1.91. The van der Waals surface area contributed by atoms with Crippen LogP contribution in [-0.2, 0) is 10.3 Å². The van der Waals surface area contributed by atoms with Gasteiger partial charge >= 0.3 is 0 Å². The molecule has 39 heavy (non-hydrogen) atoms. The van der Waals surface area contributed by atoms with Crippen molar-refractivity contribution in [1.29, 1.82) is 5.26 Å². The molecule has 0 bridgehead atoms. The Kier molecular flexibility index (Phi) is 7.32. The molecule has 0 amide bonds. The summed E-state index contributed by atoms with van der Waals surface area (Å²) in [6.07, 6.45) is 3.71. The van der Waals surface area contributed by atoms with Crippen molar-refractivity contribution >= 4 is 22.7 Å². The van der Waals surface area contributed by atoms with Crippen molar-refractivity contribution in [2.75, 3.05) is 88.8 Å². The van der Waals surface area contributed by atoms with Gasteiger partial charge in [-0.3, -0.25) is 9.88 Å². The van der Waals surface area contributed by atoms with Gasteiger partial charge in [0.25, 0.3) is 0 Å². The van der Waals surface area contributed by atoms with Crippen LogP contribution in [0.3, 0.4) is 0 Å². The summed E-state index contributed by atoms with van der Waals surface area (Å²) in [4.78, 5) is 23.5. The van der Waals surface area contributed by atoms with Crippen LogP contribution in [0.15, 0.2) is 42.7 Å². The van der Waals surface area contributed by atoms with Gasteiger partial charge in [-0.1, -0.05) is 12.1 Å². The Morgan fingerprint density at radius 3 is 2.59 bits per heavy atom. The third-order valence-corrected chi connectivity index (χ3v) is 8.29. The quantitative estimate of drug-likeness (QED) is 0.528. The Balaban J connectivity index is 1.08. The Labute approximate surface area is 230 Å². The van der Waals surface area contributed by atoms with E-state index in [0.717, 1.165) is 100 Å². The molecule has 0 spiro atoms. The van der Waals surface area contributed by atoms with Gasteiger partial charge in [0.05, 0.1) is 17.2 Å². The predicted octanol–water partition coefficient (Wildman–Crippen LogP) is 1.67. The molecule has 0 saturated carbocycles. The number of aromatic nitrogens is 3. The van der Waals surface area contributed by atoms with Crippen molar-refractivity contribution in [2.24, 2.45) is 0 Å². The number of ether oxygens (including phenoxy) is 1. The van der Waals surface area contributed by atoms with Gasteiger partial charge in [0, 0.05) is 89.8 Å². The average molecular weight is 528 g/mol. The fourth-order valence-electron chi connectivity index (χ4n) is 6.03. The molecule has 3 fully saturated rings. The summed E-state index contributed by atoms with van der Waals surface area (Å²) < 4.78 is 6.79. The van der Waals surface area contributed by atoms with Crippen LogP contribution in [0, 0.1) is 11.3 Å². The van der Waals surface area contributed by atoms with Crippen molar-refractivity contribution in [3.63, 3.8) is 0 Å². The summed E-state index contributed by atoms with van der Waals surface area (Å²) >= 11 is 0. The van der Waals surface area contributed by atoms with E-state index >= 15 is 0 Å². The molecule has 1 aromatic carbocycles. The summed E-state index contributed by atoms with van der Waals surface area (Å²) in [6, 6.07) is 12.2. The second-order valence-corrected chi connectivity index (χ2v) is 11.1. The molecular formula is C29H37N9O. The number of likely N-dealkylation sites (N-methyl/N-ethyl adjacent to an activating group) is 1. The second-order valence-electron chi connectivity index (χ2n) is 11.1. The third kappa shape index (κ3) is 5.40. The van der Waals surface area contributed by atoms with Crippen molar-refractivity contribution in [1.82, 2.24) is 30.1 Å². The maximum absolute atomic E-state index is 9.55. The van der Waals surface area contributed by atoms with Crippen LogP contribution in [-0.4, -0.2) is 110 Å². The van der Waals surface area contributed by atoms with Gasteiger partial charge in [-0.15, -0.1) is 0 Å². The minimum absolute atomic E-state index is 0.0700. The van der Waals surface area contributed by atoms with E-state index < -0.39 is 5.60 Å². The number of pyridine rings is 1. The second kappa shape index (κ2) is 11.0. The van der Waals surface area contributed by atoms with Gasteiger partial charge in [-0.05, 0) is 37.7 Å². The number of fused-ring (bicyclic) bond motifs is 1. The maximum Gasteiger partial charge on any atom is 0.227 e. The predicted molar refractivity (Wildman–Crippen MR) is 152 cm³/mol. The smallest absolute Gasteiger partial charge is 0.227 e. The lowest BCUT2D eigenvalue weighted by Gasteiger charge is -2.43. The van der Waals surface area contributed by atoms with E-state index in [0.29, 0.717) is 5.56 Å². The van der Waals surface area contributed by atoms with E-state index in [1.54, 1.807) is 6.20 Å². The molecule has 0 unspecified atom stereocenters. The van der Waals surface area contributed by atoms with Gasteiger partial charge in [0.15, 0.2) is 0 Å². The molecule has 204 valence electrons. The Bertz CT molecular complexity index is 1340. The molecule has 2 aromatic heterocycles. The first-order valence-corrected chi connectivity index (χ1v) is 13.9. The summed E-state index contributed by atoms with van der Waals surface area (Å²) in [7, 11) is 2.16. The Morgan fingerprint density at radius 1 is 1.00 bits per heavy atom. The zero-order chi connectivity index (χ0) is 26.8. The highest BCUT2D eigenvalue weighted by Crippen LogP contribution is 2.35. The van der Waals surface area contributed by atoms with Gasteiger partial charge in [-0.25, -0.2) is 4.98 Å². The van der Waals surface area contributed by atoms with Crippen molar-refractivity contribution in [2.45, 2.75) is 18.6 Å². The molecule has 0 aliphatic carbocycles. The summed E-state index contributed by atoms with van der Waals surface area (Å²) in [5.74, 6) is 1.86. The number of hydrogen-bond acceptors (Lipinski definition) is 10. The highest BCUT2D eigenvalue weighted by atomic mass is 16.5. The van der Waals surface area contributed by atoms with Crippen LogP contribution in [0.4, 0.5) is 11.8 Å². The monoisotopic (exact) mass is 527 g/mol. The lowest BCUT2D eigenvalue weighted by Crippen LogP contribution is -2.56. The number of morpholine rings is 1. The number of nitriles is 1. The van der Waals surface area contributed by atoms with Crippen molar-refractivity contribution in [3.8, 4) is 6.07 Å². The normalized spacial score (nSPS) is 25.1. The van der Waals surface area contributed by atoms with Gasteiger partial charge in [0.2, 0.25) is 5.95 Å². The number of benzene rings is 1. The molecule has 3 saturated heterocycles. The number of piperazine rings is 2. The first-order chi connectivity index (χ1) is 19.0. The first-order valence-electron chi connectivity index (χ1n) is 13.9. The van der Waals surface area contributed by atoms with Crippen LogP contribution in [0.1, 0.15) is 18.1 Å². The number of nitrogens with one attached hydrogen (secondary N) is 1. The van der Waals surface area contributed by atoms with Crippen LogP contribution < -0.4 is 15.1 Å². The molecule has 5 heterocycles. The molecule has 3 aliphatic rings. The van der Waals surface area contributed by atoms with Gasteiger partial charge < -0.3 is 24.8 Å². The molecule has 3 aliphatic heterocycles. The topological polar surface area (TPSA) is 96.7 Å². The van der Waals surface area contributed by atoms with Crippen LogP contribution >= 0.6 is 0 Å². The van der Waals surface area contributed by atoms with E-state index in [1.807, 2.05) is 36.5 Å². The Morgan fingerprint density at radius 2 is 1.79 bits per heavy atom. The van der Waals surface area contributed by atoms with Gasteiger partial charge in [-0.2, -0.15) is 10.2 Å². The SMILES string of the molecule is CN1CCN(c2nccc(N3CCN(C[C@@H]4CNC[C@@](C)(c5ccc(C#N)c6ncccc56)O4)CC3)n2)CC1. The van der Waals surface area contributed by atoms with Crippen LogP contribution in [0.5, 0.6) is 0 Å². The zero-order valence-corrected chi connectivity index (χ0v) is 22.9. The van der Waals surface area contributed by atoms with Gasteiger partial charge in [0.1, 0.15) is 17.5 Å². The largest absolute Gasteiger partial charge is 0.363 e. The molecule has 10 nitrogen and oxygen atoms in total. The number of anilines is 2. The fourth-order valence-corrected chi connectivity index (χ4v) is 6.03. The van der Waals surface area contributed by atoms with E-state index in [4.69, 9.17) is 9.72 Å². The maximum atomic E-state index is 9.55. The van der Waals surface area contributed by atoms with E-state index in [9.17, 15) is 5.26 Å². The molecular weight excluding hydrogens is 490 g/mol. The minimum atomic E-state index is -0.499. The highest BCUT2D eigenvalue weighted by Gasteiger charge is 2.37. The Hall–Kier alpha value is -3.36. The lowest BCUT2D eigenvalue weighted by atomic mass is 9.89. The van der Waals surface area contributed by atoms with Crippen LogP contribution in [0.25, 0.3) is 10.9 Å². The van der Waals surface area contributed by atoms with E-state index in [-0.39, 0.29) is 6.10 Å². The number of rotatable bonds is 5. The third-order valence-electron chi connectivity index (χ3n) is 8.29. The molecule has 6 rings (SSSR count). The molecule has 10 heteroatoms. The molecule has 1 N–H and O–H groups in total. The van der Waals surface area contributed by atoms with Crippen molar-refractivity contribution < 1.29 is 4.74 Å². The fraction of sp³-hybridized carbons (Fsp3) is 0.517. The van der Waals surface area contributed by atoms with Crippen molar-refractivity contribution in [3.05, 3.63) is 53.9 Å². The number of nitrogens with zero attached hydrogens (tertiary/aromatic N) is 8. The average Bonchev–Trinajstić information content (AvgIpc) is 2.97. The lowest BCUT2D eigenvalue weighted by molar-refractivity contribution is -0.118. The molecule has 3 aromatic rings.